The molecule has 0 amide bonds. The molecule has 6 heteroatoms. The average molecular weight is 364 g/mol. The molecule has 2 aromatic heterocycles. The molecule has 0 N–H and O–H groups in total. The topological polar surface area (TPSA) is 53.2 Å². The van der Waals surface area contributed by atoms with Crippen molar-refractivity contribution < 1.29 is 4.74 Å². The Labute approximate surface area is 153 Å². The number of benzene rings is 2. The second-order valence-electron chi connectivity index (χ2n) is 5.83. The summed E-state index contributed by atoms with van der Waals surface area (Å²) in [6, 6.07) is 18.5. The van der Waals surface area contributed by atoms with E-state index in [0.717, 1.165) is 5.56 Å². The molecule has 0 unspecified atom stereocenters. The molecule has 0 saturated heterocycles. The molecule has 130 valence electrons. The van der Waals surface area contributed by atoms with Crippen LogP contribution in [-0.2, 0) is 6.54 Å². The second kappa shape index (κ2) is 6.65. The van der Waals surface area contributed by atoms with Gasteiger partial charge >= 0.3 is 5.69 Å². The van der Waals surface area contributed by atoms with Gasteiger partial charge < -0.3 is 4.74 Å². The van der Waals surface area contributed by atoms with Gasteiger partial charge in [0, 0.05) is 6.07 Å². The van der Waals surface area contributed by atoms with Crippen LogP contribution < -0.4 is 16.0 Å². The summed E-state index contributed by atoms with van der Waals surface area (Å²) in [6.07, 6.45) is 0. The van der Waals surface area contributed by atoms with Gasteiger partial charge in [-0.2, -0.15) is 0 Å². The molecule has 0 bridgehead atoms. The lowest BCUT2D eigenvalue weighted by Gasteiger charge is -2.13. The number of hydrogen-bond donors (Lipinski definition) is 0. The quantitative estimate of drug-likeness (QED) is 0.558. The van der Waals surface area contributed by atoms with Crippen molar-refractivity contribution in [2.45, 2.75) is 6.54 Å². The van der Waals surface area contributed by atoms with E-state index in [0.29, 0.717) is 28.2 Å². The van der Waals surface area contributed by atoms with Crippen LogP contribution in [0.25, 0.3) is 15.9 Å². The maximum absolute atomic E-state index is 13.2. The van der Waals surface area contributed by atoms with Crippen LogP contribution in [0.5, 0.6) is 5.75 Å². The fraction of sp³-hybridized carbons (Fsp3) is 0.100. The Morgan fingerprint density at radius 1 is 1.00 bits per heavy atom. The zero-order valence-corrected chi connectivity index (χ0v) is 14.9. The molecule has 0 radical (unpaired) electrons. The summed E-state index contributed by atoms with van der Waals surface area (Å²) >= 11 is 1.34. The number of ether oxygens (including phenoxy) is 1. The SMILES string of the molecule is COc1cccc(-n2c(=O)c3sccc3n(Cc3ccccc3)c2=O)c1. The predicted octanol–water partition coefficient (Wildman–Crippen LogP) is 3.27. The van der Waals surface area contributed by atoms with E-state index in [1.54, 1.807) is 35.9 Å². The van der Waals surface area contributed by atoms with Crippen LogP contribution in [0.1, 0.15) is 5.56 Å². The Hall–Kier alpha value is -3.12. The molecule has 0 aliphatic carbocycles. The first-order valence-corrected chi connectivity index (χ1v) is 8.98. The van der Waals surface area contributed by atoms with Gasteiger partial charge in [-0.15, -0.1) is 11.3 Å². The second-order valence-corrected chi connectivity index (χ2v) is 6.75. The zero-order chi connectivity index (χ0) is 18.1. The van der Waals surface area contributed by atoms with Gasteiger partial charge in [-0.05, 0) is 29.1 Å². The van der Waals surface area contributed by atoms with Gasteiger partial charge in [0.2, 0.25) is 0 Å². The van der Waals surface area contributed by atoms with Crippen molar-refractivity contribution in [2.75, 3.05) is 7.11 Å². The van der Waals surface area contributed by atoms with E-state index in [1.807, 2.05) is 41.8 Å². The van der Waals surface area contributed by atoms with Crippen LogP contribution >= 0.6 is 11.3 Å². The first-order valence-electron chi connectivity index (χ1n) is 8.10. The normalized spacial score (nSPS) is 11.0. The smallest absolute Gasteiger partial charge is 0.336 e. The molecule has 5 nitrogen and oxygen atoms in total. The van der Waals surface area contributed by atoms with Crippen molar-refractivity contribution in [1.29, 1.82) is 0 Å². The van der Waals surface area contributed by atoms with Gasteiger partial charge in [-0.3, -0.25) is 9.36 Å². The first-order chi connectivity index (χ1) is 12.7. The van der Waals surface area contributed by atoms with Crippen molar-refractivity contribution in [1.82, 2.24) is 9.13 Å². The summed E-state index contributed by atoms with van der Waals surface area (Å²) in [6.45, 7) is 0.400. The van der Waals surface area contributed by atoms with Crippen molar-refractivity contribution in [3.05, 3.63) is 92.4 Å². The molecule has 2 heterocycles. The van der Waals surface area contributed by atoms with E-state index in [-0.39, 0.29) is 11.2 Å². The maximum atomic E-state index is 13.2. The summed E-state index contributed by atoms with van der Waals surface area (Å²) < 4.78 is 8.65. The van der Waals surface area contributed by atoms with Gasteiger partial charge in [-0.1, -0.05) is 36.4 Å². The van der Waals surface area contributed by atoms with Crippen molar-refractivity contribution in [3.8, 4) is 11.4 Å². The number of rotatable bonds is 4. The number of fused-ring (bicyclic) bond motifs is 1. The summed E-state index contributed by atoms with van der Waals surface area (Å²) in [5.74, 6) is 0.592. The predicted molar refractivity (Wildman–Crippen MR) is 104 cm³/mol. The Balaban J connectivity index is 1.99. The molecule has 0 aliphatic heterocycles. The fourth-order valence-electron chi connectivity index (χ4n) is 2.98. The highest BCUT2D eigenvalue weighted by Crippen LogP contribution is 2.19. The number of methoxy groups -OCH3 is 1. The first kappa shape index (κ1) is 16.4. The highest BCUT2D eigenvalue weighted by Gasteiger charge is 2.16. The summed E-state index contributed by atoms with van der Waals surface area (Å²) in [5, 5.41) is 1.84. The van der Waals surface area contributed by atoms with Crippen LogP contribution in [0.4, 0.5) is 0 Å². The van der Waals surface area contributed by atoms with Crippen molar-refractivity contribution in [3.63, 3.8) is 0 Å². The van der Waals surface area contributed by atoms with Gasteiger partial charge in [0.1, 0.15) is 10.4 Å². The van der Waals surface area contributed by atoms with Crippen LogP contribution in [0.15, 0.2) is 75.6 Å². The zero-order valence-electron chi connectivity index (χ0n) is 14.1. The average Bonchev–Trinajstić information content (AvgIpc) is 3.16. The number of nitrogens with zero attached hydrogens (tertiary/aromatic N) is 2. The fourth-order valence-corrected chi connectivity index (χ4v) is 3.81. The highest BCUT2D eigenvalue weighted by atomic mass is 32.1. The number of thiophene rings is 1. The standard InChI is InChI=1S/C20H16N2O3S/c1-25-16-9-5-8-15(12-16)22-19(23)18-17(10-11-26-18)21(20(22)24)13-14-6-3-2-4-7-14/h2-12H,13H2,1H3. The lowest BCUT2D eigenvalue weighted by molar-refractivity contribution is 0.414. The van der Waals surface area contributed by atoms with E-state index >= 15 is 0 Å². The number of aromatic nitrogens is 2. The molecule has 0 fully saturated rings. The maximum Gasteiger partial charge on any atom is 0.336 e. The Morgan fingerprint density at radius 3 is 2.58 bits per heavy atom. The Bertz CT molecular complexity index is 1190. The van der Waals surface area contributed by atoms with Crippen molar-refractivity contribution in [2.24, 2.45) is 0 Å². The summed E-state index contributed by atoms with van der Waals surface area (Å²) in [7, 11) is 1.55. The largest absolute Gasteiger partial charge is 0.497 e. The lowest BCUT2D eigenvalue weighted by atomic mass is 10.2. The summed E-state index contributed by atoms with van der Waals surface area (Å²) in [4.78, 5) is 26.1. The third kappa shape index (κ3) is 2.74. The Kier molecular flexibility index (Phi) is 4.18. The minimum Gasteiger partial charge on any atom is -0.497 e. The molecule has 0 saturated carbocycles. The molecular formula is C20H16N2O3S. The third-order valence-corrected chi connectivity index (χ3v) is 5.14. The Morgan fingerprint density at radius 2 is 1.81 bits per heavy atom. The van der Waals surface area contributed by atoms with Crippen LogP contribution in [-0.4, -0.2) is 16.2 Å². The van der Waals surface area contributed by atoms with E-state index in [2.05, 4.69) is 0 Å². The highest BCUT2D eigenvalue weighted by molar-refractivity contribution is 7.17. The lowest BCUT2D eigenvalue weighted by Crippen LogP contribution is -2.38. The van der Waals surface area contributed by atoms with Crippen LogP contribution in [0.2, 0.25) is 0 Å². The minimum absolute atomic E-state index is 0.308. The summed E-state index contributed by atoms with van der Waals surface area (Å²) in [5.41, 5.74) is 1.48. The molecule has 0 spiro atoms. The molecule has 0 atom stereocenters. The van der Waals surface area contributed by atoms with E-state index in [4.69, 9.17) is 4.74 Å². The van der Waals surface area contributed by atoms with Gasteiger partial charge in [0.05, 0.1) is 24.9 Å². The van der Waals surface area contributed by atoms with E-state index < -0.39 is 0 Å². The molecule has 4 rings (SSSR count). The number of hydrogen-bond acceptors (Lipinski definition) is 4. The van der Waals surface area contributed by atoms with E-state index in [9.17, 15) is 9.59 Å². The van der Waals surface area contributed by atoms with Gasteiger partial charge in [-0.25, -0.2) is 9.36 Å². The molecule has 0 aliphatic rings. The minimum atomic E-state index is -0.363. The van der Waals surface area contributed by atoms with E-state index in [1.165, 1.54) is 15.9 Å². The molecule has 4 aromatic rings. The van der Waals surface area contributed by atoms with Gasteiger partial charge in [0.15, 0.2) is 0 Å². The van der Waals surface area contributed by atoms with Crippen molar-refractivity contribution >= 4 is 21.6 Å². The monoisotopic (exact) mass is 364 g/mol. The third-order valence-electron chi connectivity index (χ3n) is 4.25. The molecule has 2 aromatic carbocycles. The van der Waals surface area contributed by atoms with Gasteiger partial charge in [0.25, 0.3) is 5.56 Å². The van der Waals surface area contributed by atoms with Crippen LogP contribution in [0.3, 0.4) is 0 Å². The van der Waals surface area contributed by atoms with Crippen LogP contribution in [0, 0.1) is 0 Å². The molecular weight excluding hydrogens is 348 g/mol. The molecule has 26 heavy (non-hydrogen) atoms.